The molecule has 2 rings (SSSR count). The van der Waals surface area contributed by atoms with Crippen LogP contribution in [-0.2, 0) is 23.7 Å². The summed E-state index contributed by atoms with van der Waals surface area (Å²) in [6, 6.07) is -1.24. The average Bonchev–Trinajstić information content (AvgIpc) is 2.63. The largest absolute Gasteiger partial charge is 0.394 e. The highest BCUT2D eigenvalue weighted by atomic mass is 16.7. The van der Waals surface area contributed by atoms with Crippen LogP contribution in [-0.4, -0.2) is 118 Å². The van der Waals surface area contributed by atoms with E-state index in [4.69, 9.17) is 18.9 Å². The molecule has 0 aromatic carbocycles. The number of hydrogen-bond acceptors (Lipinski definition) is 11. The van der Waals surface area contributed by atoms with Crippen molar-refractivity contribution in [2.45, 2.75) is 68.3 Å². The van der Waals surface area contributed by atoms with Crippen molar-refractivity contribution in [3.63, 3.8) is 0 Å². The molecular weight excluding hydrogens is 370 g/mol. The quantitative estimate of drug-likeness (QED) is 0.228. The highest BCUT2D eigenvalue weighted by molar-refractivity contribution is 5.73. The SMILES string of the molecule is CO[C@H]1[C@H](O)[C@@H](CO)O[C@H](O)[C@H]1O[C@@H]1O[C@H](CO)[C@@H](O)[C@H](O)[C@H]1NC(C)=O. The van der Waals surface area contributed by atoms with E-state index in [9.17, 15) is 35.4 Å². The first-order chi connectivity index (χ1) is 12.7. The molecule has 10 atom stereocenters. The summed E-state index contributed by atoms with van der Waals surface area (Å²) in [5.74, 6) is -0.546. The molecule has 0 radical (unpaired) electrons. The van der Waals surface area contributed by atoms with E-state index in [2.05, 4.69) is 5.32 Å². The summed E-state index contributed by atoms with van der Waals surface area (Å²) >= 11 is 0. The van der Waals surface area contributed by atoms with E-state index in [1.165, 1.54) is 14.0 Å². The van der Waals surface area contributed by atoms with Gasteiger partial charge in [-0.25, -0.2) is 0 Å². The molecule has 1 amide bonds. The van der Waals surface area contributed by atoms with E-state index >= 15 is 0 Å². The minimum Gasteiger partial charge on any atom is -0.394 e. The Morgan fingerprint density at radius 2 is 1.56 bits per heavy atom. The summed E-state index contributed by atoms with van der Waals surface area (Å²) in [5, 5.41) is 61.6. The van der Waals surface area contributed by atoms with Crippen molar-refractivity contribution in [1.82, 2.24) is 5.32 Å². The van der Waals surface area contributed by atoms with Gasteiger partial charge in [-0.15, -0.1) is 0 Å². The molecule has 0 spiro atoms. The number of carbonyl (C=O) groups excluding carboxylic acids is 1. The predicted molar refractivity (Wildman–Crippen MR) is 85.0 cm³/mol. The molecule has 12 nitrogen and oxygen atoms in total. The standard InChI is InChI=1S/C15H27NO11/c1-5(19)16-8-11(22)9(20)6(3-17)26-15(8)27-13-12(24-2)10(21)7(4-18)25-14(13)23/h6-15,17-18,20-23H,3-4H2,1-2H3,(H,16,19)/t6-,7-,8-,9-,10-,11-,12+,13+,14+,15+/m1/s1. The van der Waals surface area contributed by atoms with Crippen LogP contribution in [0.5, 0.6) is 0 Å². The molecule has 0 aromatic rings. The van der Waals surface area contributed by atoms with Crippen molar-refractivity contribution in [3.8, 4) is 0 Å². The fourth-order valence-electron chi connectivity index (χ4n) is 3.22. The van der Waals surface area contributed by atoms with Gasteiger partial charge in [0, 0.05) is 14.0 Å². The van der Waals surface area contributed by atoms with Crippen molar-refractivity contribution < 1.29 is 54.4 Å². The molecule has 2 aliphatic heterocycles. The molecule has 0 saturated carbocycles. The Bertz CT molecular complexity index is 494. The molecule has 2 saturated heterocycles. The maximum absolute atomic E-state index is 11.4. The first-order valence-electron chi connectivity index (χ1n) is 8.45. The summed E-state index contributed by atoms with van der Waals surface area (Å²) in [7, 11) is 1.25. The van der Waals surface area contributed by atoms with Crippen LogP contribution in [0.1, 0.15) is 6.92 Å². The van der Waals surface area contributed by atoms with Gasteiger partial charge in [0.25, 0.3) is 0 Å². The van der Waals surface area contributed by atoms with Gasteiger partial charge in [0.05, 0.1) is 13.2 Å². The van der Waals surface area contributed by atoms with Crippen LogP contribution in [0.15, 0.2) is 0 Å². The lowest BCUT2D eigenvalue weighted by atomic mass is 9.95. The number of hydrogen-bond donors (Lipinski definition) is 7. The zero-order valence-electron chi connectivity index (χ0n) is 14.9. The molecule has 2 fully saturated rings. The van der Waals surface area contributed by atoms with Crippen LogP contribution in [0.2, 0.25) is 0 Å². The number of nitrogens with one attached hydrogen (secondary N) is 1. The number of rotatable bonds is 6. The smallest absolute Gasteiger partial charge is 0.217 e. The van der Waals surface area contributed by atoms with E-state index in [-0.39, 0.29) is 0 Å². The zero-order valence-corrected chi connectivity index (χ0v) is 14.9. The maximum Gasteiger partial charge on any atom is 0.217 e. The molecule has 0 aromatic heterocycles. The molecule has 2 heterocycles. The monoisotopic (exact) mass is 397 g/mol. The van der Waals surface area contributed by atoms with Crippen LogP contribution >= 0.6 is 0 Å². The predicted octanol–water partition coefficient (Wildman–Crippen LogP) is -4.60. The highest BCUT2D eigenvalue weighted by Gasteiger charge is 2.51. The van der Waals surface area contributed by atoms with Gasteiger partial charge in [0.15, 0.2) is 12.6 Å². The van der Waals surface area contributed by atoms with Gasteiger partial charge in [-0.1, -0.05) is 0 Å². The number of ether oxygens (including phenoxy) is 4. The normalized spacial score (nSPS) is 45.5. The molecule has 7 N–H and O–H groups in total. The van der Waals surface area contributed by atoms with Gasteiger partial charge in [0.1, 0.15) is 48.8 Å². The molecule has 2 aliphatic rings. The molecule has 0 aliphatic carbocycles. The van der Waals surface area contributed by atoms with Crippen molar-refractivity contribution in [3.05, 3.63) is 0 Å². The number of aliphatic hydroxyl groups excluding tert-OH is 6. The van der Waals surface area contributed by atoms with Gasteiger partial charge < -0.3 is 54.9 Å². The Labute approximate surface area is 155 Å². The van der Waals surface area contributed by atoms with Crippen molar-refractivity contribution >= 4 is 5.91 Å². The molecule has 0 bridgehead atoms. The Kier molecular flexibility index (Phi) is 7.88. The van der Waals surface area contributed by atoms with Crippen LogP contribution in [0, 0.1) is 0 Å². The summed E-state index contributed by atoms with van der Waals surface area (Å²) in [5.41, 5.74) is 0. The van der Waals surface area contributed by atoms with E-state index in [0.717, 1.165) is 0 Å². The molecule has 0 unspecified atom stereocenters. The topological polar surface area (TPSA) is 187 Å². The maximum atomic E-state index is 11.4. The van der Waals surface area contributed by atoms with Crippen molar-refractivity contribution in [1.29, 1.82) is 0 Å². The summed E-state index contributed by atoms with van der Waals surface area (Å²) < 4.78 is 21.3. The fraction of sp³-hybridized carbons (Fsp3) is 0.933. The lowest BCUT2D eigenvalue weighted by Crippen LogP contribution is -2.67. The molecule has 158 valence electrons. The Morgan fingerprint density at radius 1 is 0.963 bits per heavy atom. The van der Waals surface area contributed by atoms with Crippen LogP contribution in [0.3, 0.4) is 0 Å². The Balaban J connectivity index is 2.23. The van der Waals surface area contributed by atoms with Gasteiger partial charge in [0.2, 0.25) is 5.91 Å². The van der Waals surface area contributed by atoms with Gasteiger partial charge >= 0.3 is 0 Å². The highest BCUT2D eigenvalue weighted by Crippen LogP contribution is 2.29. The van der Waals surface area contributed by atoms with Crippen LogP contribution in [0.4, 0.5) is 0 Å². The second kappa shape index (κ2) is 9.52. The van der Waals surface area contributed by atoms with E-state index < -0.39 is 80.5 Å². The van der Waals surface area contributed by atoms with Crippen LogP contribution < -0.4 is 5.32 Å². The first kappa shape index (κ1) is 22.4. The van der Waals surface area contributed by atoms with Crippen molar-refractivity contribution in [2.75, 3.05) is 20.3 Å². The minimum absolute atomic E-state index is 0.546. The third kappa shape index (κ3) is 4.74. The van der Waals surface area contributed by atoms with Gasteiger partial charge in [-0.3, -0.25) is 4.79 Å². The third-order valence-corrected chi connectivity index (χ3v) is 4.63. The summed E-state index contributed by atoms with van der Waals surface area (Å²) in [6.45, 7) is -0.0331. The fourth-order valence-corrected chi connectivity index (χ4v) is 3.22. The van der Waals surface area contributed by atoms with Gasteiger partial charge in [-0.2, -0.15) is 0 Å². The molecule has 12 heteroatoms. The van der Waals surface area contributed by atoms with Gasteiger partial charge in [-0.05, 0) is 0 Å². The second-order valence-electron chi connectivity index (χ2n) is 6.47. The minimum atomic E-state index is -1.63. The van der Waals surface area contributed by atoms with Crippen LogP contribution in [0.25, 0.3) is 0 Å². The number of amides is 1. The Hall–Kier alpha value is -0.930. The van der Waals surface area contributed by atoms with E-state index in [1.54, 1.807) is 0 Å². The third-order valence-electron chi connectivity index (χ3n) is 4.63. The Morgan fingerprint density at radius 3 is 2.07 bits per heavy atom. The zero-order chi connectivity index (χ0) is 20.3. The first-order valence-corrected chi connectivity index (χ1v) is 8.45. The lowest BCUT2D eigenvalue weighted by molar-refractivity contribution is -0.350. The van der Waals surface area contributed by atoms with E-state index in [1.807, 2.05) is 0 Å². The average molecular weight is 397 g/mol. The second-order valence-corrected chi connectivity index (χ2v) is 6.47. The van der Waals surface area contributed by atoms with Crippen molar-refractivity contribution in [2.24, 2.45) is 0 Å². The summed E-state index contributed by atoms with van der Waals surface area (Å²) in [4.78, 5) is 11.4. The number of aliphatic hydroxyl groups is 6. The molecular formula is C15H27NO11. The molecule has 27 heavy (non-hydrogen) atoms. The summed E-state index contributed by atoms with van der Waals surface area (Å²) in [6.07, 6.45) is -12.2. The lowest BCUT2D eigenvalue weighted by Gasteiger charge is -2.47. The number of methoxy groups -OCH3 is 1. The number of carbonyl (C=O) groups is 1. The van der Waals surface area contributed by atoms with E-state index in [0.29, 0.717) is 0 Å².